The molecule has 374 valence electrons. The van der Waals surface area contributed by atoms with Crippen LogP contribution >= 0.6 is 35.4 Å². The van der Waals surface area contributed by atoms with Gasteiger partial charge in [0.1, 0.15) is 0 Å². The summed E-state index contributed by atoms with van der Waals surface area (Å²) < 4.78 is 14.4. The Hall–Kier alpha value is -5.15. The first kappa shape index (κ1) is 54.1. The molecule has 73 heavy (non-hydrogen) atoms. The van der Waals surface area contributed by atoms with E-state index in [2.05, 4.69) is 271 Å². The molecular formula is C63H61Cl2N3O2P2Pd. The number of hydrogen-bond donors (Lipinski definition) is 0. The van der Waals surface area contributed by atoms with E-state index in [1.807, 2.05) is 0 Å². The van der Waals surface area contributed by atoms with Crippen molar-refractivity contribution in [2.75, 3.05) is 13.2 Å². The fraction of sp³-hybridized carbons (Fsp3) is 0.159. The number of pyridine rings is 1. The summed E-state index contributed by atoms with van der Waals surface area (Å²) in [6.07, 6.45) is 1.67. The Labute approximate surface area is 452 Å². The first-order chi connectivity index (χ1) is 36.1. The molecule has 9 aromatic rings. The van der Waals surface area contributed by atoms with Crippen LogP contribution in [0.1, 0.15) is 33.6 Å². The van der Waals surface area contributed by atoms with Crippen molar-refractivity contribution in [3.05, 3.63) is 294 Å². The summed E-state index contributed by atoms with van der Waals surface area (Å²) in [7, 11) is 7.52. The summed E-state index contributed by atoms with van der Waals surface area (Å²) in [5, 5.41) is 4.83. The largest absolute Gasteiger partial charge is 0.348 e. The van der Waals surface area contributed by atoms with Crippen molar-refractivity contribution >= 4 is 56.6 Å². The summed E-state index contributed by atoms with van der Waals surface area (Å²) in [5.74, 6) is 0. The third-order valence-electron chi connectivity index (χ3n) is 12.5. The van der Waals surface area contributed by atoms with Gasteiger partial charge in [-0.25, -0.2) is 0 Å². The molecule has 0 amide bonds. The molecule has 0 aliphatic heterocycles. The summed E-state index contributed by atoms with van der Waals surface area (Å²) in [5.41, 5.74) is 7.15. The zero-order chi connectivity index (χ0) is 50.1. The molecule has 5 nitrogen and oxygen atoms in total. The third-order valence-corrected chi connectivity index (χ3v) is 16.4. The average molecular weight is 1130 g/mol. The van der Waals surface area contributed by atoms with E-state index in [9.17, 15) is 0 Å². The number of benzene rings is 8. The van der Waals surface area contributed by atoms with Crippen LogP contribution in [-0.4, -0.2) is 40.1 Å². The Bertz CT molecular complexity index is 2620. The van der Waals surface area contributed by atoms with Crippen molar-refractivity contribution in [3.8, 4) is 0 Å². The Morgan fingerprint density at radius 3 is 0.890 bits per heavy atom. The second kappa shape index (κ2) is 30.3. The van der Waals surface area contributed by atoms with Crippen LogP contribution in [0.4, 0.5) is 0 Å². The second-order valence-electron chi connectivity index (χ2n) is 17.7. The minimum absolute atomic E-state index is 0.0524. The van der Waals surface area contributed by atoms with Crippen molar-refractivity contribution in [1.82, 2.24) is 14.8 Å². The van der Waals surface area contributed by atoms with Crippen LogP contribution in [0, 0.1) is 0 Å². The monoisotopic (exact) mass is 1130 g/mol. The third kappa shape index (κ3) is 17.5. The molecule has 0 N–H and O–H groups in total. The molecule has 0 aliphatic rings. The molecule has 1 aromatic heterocycles. The Balaban J connectivity index is 0.00000231. The Kier molecular flexibility index (Phi) is 22.4. The minimum atomic E-state index is -1.05. The van der Waals surface area contributed by atoms with Crippen LogP contribution in [-0.2, 0) is 64.0 Å². The molecule has 0 fully saturated rings. The van der Waals surface area contributed by atoms with Gasteiger partial charge in [0.05, 0.1) is 40.9 Å². The van der Waals surface area contributed by atoms with Gasteiger partial charge in [-0.15, -0.1) is 0 Å². The number of hydrogen-bond acceptors (Lipinski definition) is 5. The molecular weight excluding hydrogens is 1070 g/mol. The SMILES string of the molecule is [Cl][Pd][Cl].c1ccc(C[C@H](COP(c2ccccc2)c2ccccc2)N(Cc2ccccc2)Cc2cccc(CN(Cc3ccccc3)[C@@H](COP(c3ccccc3)c3ccccc3)Cc3ccccc3)n2)cc1. The summed E-state index contributed by atoms with van der Waals surface area (Å²) in [6, 6.07) is 92.9. The standard InChI is InChI=1S/C63H61N3O2P2.2ClH.Pd/c1-9-26-52(27-10-1)44-58(50-67-69(60-36-17-5-18-37-60)61-38-19-6-20-39-61)65(46-54-30-13-3-14-31-54)48-56-34-25-35-57(64-56)49-66(47-55-32-15-4-16-33-55)59(45-53-28-11-2-12-29-53)51-68-70(62-40-21-7-22-41-62)63-42-23-8-24-43-63;;;/h1-43,58-59H,44-51H2;2*1H;/q;;;+2/p-2/t58-,59-;;;/m1.../s1. The molecule has 0 aliphatic carbocycles. The van der Waals surface area contributed by atoms with E-state index in [-0.39, 0.29) is 28.0 Å². The van der Waals surface area contributed by atoms with Crippen molar-refractivity contribution in [2.45, 2.75) is 51.1 Å². The van der Waals surface area contributed by atoms with Crippen molar-refractivity contribution < 1.29 is 25.0 Å². The van der Waals surface area contributed by atoms with Gasteiger partial charge in [-0.05, 0) is 47.2 Å². The van der Waals surface area contributed by atoms with Gasteiger partial charge in [-0.2, -0.15) is 0 Å². The first-order valence-electron chi connectivity index (χ1n) is 24.6. The van der Waals surface area contributed by atoms with Crippen LogP contribution in [0.5, 0.6) is 0 Å². The van der Waals surface area contributed by atoms with Crippen molar-refractivity contribution in [2.24, 2.45) is 0 Å². The van der Waals surface area contributed by atoms with Crippen molar-refractivity contribution in [1.29, 1.82) is 0 Å². The number of rotatable bonds is 24. The van der Waals surface area contributed by atoms with E-state index in [1.165, 1.54) is 43.5 Å². The molecule has 0 unspecified atom stereocenters. The van der Waals surface area contributed by atoms with Crippen LogP contribution in [0.3, 0.4) is 0 Å². The van der Waals surface area contributed by atoms with Gasteiger partial charge in [0.25, 0.3) is 0 Å². The van der Waals surface area contributed by atoms with Gasteiger partial charge in [-0.1, -0.05) is 249 Å². The van der Waals surface area contributed by atoms with E-state index in [4.69, 9.17) is 33.1 Å². The van der Waals surface area contributed by atoms with Gasteiger partial charge < -0.3 is 9.05 Å². The van der Waals surface area contributed by atoms with Gasteiger partial charge in [0, 0.05) is 59.5 Å². The molecule has 0 saturated heterocycles. The van der Waals surface area contributed by atoms with E-state index in [1.54, 1.807) is 0 Å². The molecule has 0 radical (unpaired) electrons. The van der Waals surface area contributed by atoms with Gasteiger partial charge in [0.2, 0.25) is 0 Å². The van der Waals surface area contributed by atoms with Crippen LogP contribution in [0.25, 0.3) is 0 Å². The summed E-state index contributed by atoms with van der Waals surface area (Å²) >= 11 is -0.106. The van der Waals surface area contributed by atoms with E-state index in [0.717, 1.165) is 37.3 Å². The quantitative estimate of drug-likeness (QED) is 0.0445. The van der Waals surface area contributed by atoms with Gasteiger partial charge >= 0.3 is 35.0 Å². The van der Waals surface area contributed by atoms with E-state index < -0.39 is 16.3 Å². The maximum absolute atomic E-state index is 7.19. The zero-order valence-corrected chi connectivity index (χ0v) is 45.6. The maximum Gasteiger partial charge on any atom is 0.0918 e. The number of aromatic nitrogens is 1. The summed E-state index contributed by atoms with van der Waals surface area (Å²) in [4.78, 5) is 10.7. The zero-order valence-electron chi connectivity index (χ0n) is 40.8. The average Bonchev–Trinajstić information content (AvgIpc) is 3.45. The Morgan fingerprint density at radius 2 is 0.603 bits per heavy atom. The molecule has 8 aromatic carbocycles. The number of nitrogens with zero attached hydrogens (tertiary/aromatic N) is 3. The smallest absolute Gasteiger partial charge is 0.0918 e. The van der Waals surface area contributed by atoms with E-state index >= 15 is 0 Å². The maximum atomic E-state index is 7.19. The van der Waals surface area contributed by atoms with Crippen LogP contribution in [0.2, 0.25) is 0 Å². The predicted molar refractivity (Wildman–Crippen MR) is 305 cm³/mol. The second-order valence-corrected chi connectivity index (χ2v) is 23.8. The molecule has 0 spiro atoms. The fourth-order valence-electron chi connectivity index (χ4n) is 8.92. The number of halogens is 2. The van der Waals surface area contributed by atoms with Crippen LogP contribution in [0.15, 0.2) is 261 Å². The molecule has 0 saturated carbocycles. The molecule has 2 atom stereocenters. The van der Waals surface area contributed by atoms with Crippen LogP contribution < -0.4 is 21.2 Å². The fourth-order valence-corrected chi connectivity index (χ4v) is 12.5. The van der Waals surface area contributed by atoms with E-state index in [0.29, 0.717) is 26.3 Å². The first-order valence-corrected chi connectivity index (χ1v) is 31.1. The van der Waals surface area contributed by atoms with Crippen molar-refractivity contribution in [3.63, 3.8) is 0 Å². The predicted octanol–water partition coefficient (Wildman–Crippen LogP) is 13.8. The topological polar surface area (TPSA) is 37.8 Å². The van der Waals surface area contributed by atoms with Gasteiger partial charge in [-0.3, -0.25) is 14.8 Å². The molecule has 10 heteroatoms. The molecule has 0 bridgehead atoms. The molecule has 1 heterocycles. The summed E-state index contributed by atoms with van der Waals surface area (Å²) in [6.45, 7) is 3.93. The van der Waals surface area contributed by atoms with Gasteiger partial charge in [0.15, 0.2) is 0 Å². The normalized spacial score (nSPS) is 12.2. The minimum Gasteiger partial charge on any atom is -0.348 e. The Morgan fingerprint density at radius 1 is 0.342 bits per heavy atom. The molecule has 9 rings (SSSR count).